The van der Waals surface area contributed by atoms with Crippen LogP contribution < -0.4 is 10.6 Å². The van der Waals surface area contributed by atoms with Crippen molar-refractivity contribution < 1.29 is 18.7 Å². The summed E-state index contributed by atoms with van der Waals surface area (Å²) in [7, 11) is 1.26. The number of halogens is 1. The quantitative estimate of drug-likeness (QED) is 0.228. The van der Waals surface area contributed by atoms with E-state index < -0.39 is 17.9 Å². The van der Waals surface area contributed by atoms with E-state index in [1.807, 2.05) is 12.1 Å². The van der Waals surface area contributed by atoms with Crippen LogP contribution >= 0.6 is 11.6 Å². The van der Waals surface area contributed by atoms with E-state index in [-0.39, 0.29) is 23.0 Å². The topological polar surface area (TPSA) is 104 Å². The van der Waals surface area contributed by atoms with Crippen LogP contribution in [-0.2, 0) is 22.5 Å². The number of nitrogens with zero attached hydrogens (tertiary/aromatic N) is 1. The molecule has 1 heterocycles. The van der Waals surface area contributed by atoms with Crippen molar-refractivity contribution in [3.8, 4) is 17.4 Å². The lowest BCUT2D eigenvalue weighted by Crippen LogP contribution is -2.43. The average molecular weight is 556 g/mol. The van der Waals surface area contributed by atoms with Gasteiger partial charge in [0.05, 0.1) is 35.9 Å². The van der Waals surface area contributed by atoms with Crippen LogP contribution in [0.3, 0.4) is 0 Å². The zero-order valence-electron chi connectivity index (χ0n) is 22.5. The summed E-state index contributed by atoms with van der Waals surface area (Å²) in [6.07, 6.45) is 0.191. The number of nitriles is 1. The Morgan fingerprint density at radius 3 is 2.42 bits per heavy atom. The van der Waals surface area contributed by atoms with Crippen LogP contribution in [0.15, 0.2) is 83.3 Å². The molecular weight excluding hydrogens is 526 g/mol. The predicted molar refractivity (Wildman–Crippen MR) is 154 cm³/mol. The van der Waals surface area contributed by atoms with Gasteiger partial charge in [-0.2, -0.15) is 5.26 Å². The number of furan rings is 1. The van der Waals surface area contributed by atoms with Crippen LogP contribution in [-0.4, -0.2) is 25.0 Å². The van der Waals surface area contributed by atoms with Crippen LogP contribution in [0.4, 0.5) is 0 Å². The highest BCUT2D eigenvalue weighted by Crippen LogP contribution is 2.27. The van der Waals surface area contributed by atoms with Crippen LogP contribution in [0, 0.1) is 18.3 Å². The zero-order valence-corrected chi connectivity index (χ0v) is 23.3. The molecule has 0 fully saturated rings. The third-order valence-corrected chi connectivity index (χ3v) is 6.96. The van der Waals surface area contributed by atoms with Crippen molar-refractivity contribution >= 4 is 23.5 Å². The first-order valence-corrected chi connectivity index (χ1v) is 13.2. The molecule has 0 aliphatic rings. The van der Waals surface area contributed by atoms with Gasteiger partial charge in [-0.15, -0.1) is 0 Å². The first-order chi connectivity index (χ1) is 19.3. The van der Waals surface area contributed by atoms with Gasteiger partial charge in [-0.3, -0.25) is 4.79 Å². The molecule has 0 bridgehead atoms. The van der Waals surface area contributed by atoms with Gasteiger partial charge in [-0.05, 0) is 67.4 Å². The van der Waals surface area contributed by atoms with Gasteiger partial charge in [0.15, 0.2) is 0 Å². The van der Waals surface area contributed by atoms with E-state index in [0.29, 0.717) is 23.4 Å². The van der Waals surface area contributed by atoms with Gasteiger partial charge in [0, 0.05) is 18.0 Å². The Balaban J connectivity index is 1.45. The Labute approximate surface area is 238 Å². The van der Waals surface area contributed by atoms with Crippen molar-refractivity contribution in [3.05, 3.63) is 117 Å². The van der Waals surface area contributed by atoms with E-state index in [0.717, 1.165) is 11.3 Å². The molecule has 2 N–H and O–H groups in total. The SMILES string of the molecule is COC(=O)[C@@H](Cc1ccc(C#N)cc1)NC(=O)c1cc(-c2ccc(CNC(C)c3ccc(C)cc3)o2)ccc1Cl. The number of rotatable bonds is 10. The number of esters is 1. The molecule has 1 unspecified atom stereocenters. The summed E-state index contributed by atoms with van der Waals surface area (Å²) in [5.41, 5.74) is 4.56. The lowest BCUT2D eigenvalue weighted by molar-refractivity contribution is -0.142. The Morgan fingerprint density at radius 1 is 1.02 bits per heavy atom. The maximum Gasteiger partial charge on any atom is 0.328 e. The van der Waals surface area contributed by atoms with Gasteiger partial charge >= 0.3 is 5.97 Å². The molecule has 0 saturated heterocycles. The zero-order chi connectivity index (χ0) is 28.6. The second-order valence-electron chi connectivity index (χ2n) is 9.54. The molecule has 1 amide bonds. The summed E-state index contributed by atoms with van der Waals surface area (Å²) in [6.45, 7) is 4.70. The molecule has 7 nitrogen and oxygen atoms in total. The van der Waals surface area contributed by atoms with E-state index in [4.69, 9.17) is 26.0 Å². The second-order valence-corrected chi connectivity index (χ2v) is 9.94. The van der Waals surface area contributed by atoms with Crippen LogP contribution in [0.25, 0.3) is 11.3 Å². The first kappa shape index (κ1) is 28.6. The Hall–Kier alpha value is -4.38. The molecule has 0 aliphatic carbocycles. The summed E-state index contributed by atoms with van der Waals surface area (Å²) in [5.74, 6) is 0.236. The Morgan fingerprint density at radius 2 is 1.75 bits per heavy atom. The maximum atomic E-state index is 13.2. The third-order valence-electron chi connectivity index (χ3n) is 6.63. The lowest BCUT2D eigenvalue weighted by atomic mass is 10.0. The highest BCUT2D eigenvalue weighted by Gasteiger charge is 2.24. The number of amides is 1. The Bertz CT molecular complexity index is 1520. The average Bonchev–Trinajstić information content (AvgIpc) is 3.45. The molecule has 4 rings (SSSR count). The molecule has 8 heteroatoms. The minimum Gasteiger partial charge on any atom is -0.467 e. The molecule has 0 aliphatic heterocycles. The summed E-state index contributed by atoms with van der Waals surface area (Å²) in [5, 5.41) is 15.4. The van der Waals surface area contributed by atoms with E-state index in [1.54, 1.807) is 42.5 Å². The van der Waals surface area contributed by atoms with Gasteiger partial charge in [0.1, 0.15) is 17.6 Å². The van der Waals surface area contributed by atoms with E-state index in [9.17, 15) is 9.59 Å². The van der Waals surface area contributed by atoms with Gasteiger partial charge in [0.25, 0.3) is 5.91 Å². The fraction of sp³-hybridized carbons (Fsp3) is 0.219. The summed E-state index contributed by atoms with van der Waals surface area (Å²) in [4.78, 5) is 25.7. The molecule has 2 atom stereocenters. The molecule has 204 valence electrons. The monoisotopic (exact) mass is 555 g/mol. The van der Waals surface area contributed by atoms with E-state index >= 15 is 0 Å². The number of methoxy groups -OCH3 is 1. The predicted octanol–water partition coefficient (Wildman–Crippen LogP) is 6.15. The summed E-state index contributed by atoms with van der Waals surface area (Å²) in [6, 6.07) is 25.2. The number of aryl methyl sites for hydroxylation is 1. The van der Waals surface area contributed by atoms with Crippen molar-refractivity contribution in [1.82, 2.24) is 10.6 Å². The summed E-state index contributed by atoms with van der Waals surface area (Å²) < 4.78 is 11.0. The van der Waals surface area contributed by atoms with Crippen molar-refractivity contribution in [2.24, 2.45) is 0 Å². The molecule has 40 heavy (non-hydrogen) atoms. The largest absolute Gasteiger partial charge is 0.467 e. The lowest BCUT2D eigenvalue weighted by Gasteiger charge is -2.17. The van der Waals surface area contributed by atoms with Gasteiger partial charge in [0.2, 0.25) is 0 Å². The maximum absolute atomic E-state index is 13.2. The first-order valence-electron chi connectivity index (χ1n) is 12.8. The van der Waals surface area contributed by atoms with Crippen molar-refractivity contribution in [2.75, 3.05) is 7.11 Å². The fourth-order valence-electron chi connectivity index (χ4n) is 4.23. The number of carbonyl (C=O) groups is 2. The number of ether oxygens (including phenoxy) is 1. The molecule has 0 spiro atoms. The van der Waals surface area contributed by atoms with Crippen molar-refractivity contribution in [1.29, 1.82) is 5.26 Å². The smallest absolute Gasteiger partial charge is 0.328 e. The van der Waals surface area contributed by atoms with Crippen LogP contribution in [0.1, 0.15) is 51.3 Å². The summed E-state index contributed by atoms with van der Waals surface area (Å²) >= 11 is 6.38. The molecule has 3 aromatic carbocycles. The number of hydrogen-bond acceptors (Lipinski definition) is 6. The van der Waals surface area contributed by atoms with E-state index in [1.165, 1.54) is 18.2 Å². The third kappa shape index (κ3) is 7.17. The molecule has 0 saturated carbocycles. The number of carbonyl (C=O) groups excluding carboxylic acids is 2. The molecule has 1 aromatic heterocycles. The van der Waals surface area contributed by atoms with E-state index in [2.05, 4.69) is 54.8 Å². The molecule has 0 radical (unpaired) electrons. The second kappa shape index (κ2) is 13.1. The molecular formula is C32H30ClN3O4. The highest BCUT2D eigenvalue weighted by molar-refractivity contribution is 6.34. The van der Waals surface area contributed by atoms with Crippen molar-refractivity contribution in [2.45, 2.75) is 38.9 Å². The molecule has 4 aromatic rings. The number of benzene rings is 3. The Kier molecular flexibility index (Phi) is 9.39. The van der Waals surface area contributed by atoms with Gasteiger partial charge < -0.3 is 19.8 Å². The number of hydrogen-bond donors (Lipinski definition) is 2. The normalized spacial score (nSPS) is 12.3. The number of nitrogens with one attached hydrogen (secondary N) is 2. The van der Waals surface area contributed by atoms with Crippen molar-refractivity contribution in [3.63, 3.8) is 0 Å². The van der Waals surface area contributed by atoms with Crippen LogP contribution in [0.2, 0.25) is 5.02 Å². The highest BCUT2D eigenvalue weighted by atomic mass is 35.5. The fourth-order valence-corrected chi connectivity index (χ4v) is 4.43. The van der Waals surface area contributed by atoms with Gasteiger partial charge in [-0.1, -0.05) is 53.6 Å². The van der Waals surface area contributed by atoms with Gasteiger partial charge in [-0.25, -0.2) is 4.79 Å². The van der Waals surface area contributed by atoms with Crippen LogP contribution in [0.5, 0.6) is 0 Å². The standard InChI is InChI=1S/C32H30ClN3O4/c1-20-4-10-24(11-5-20)21(2)35-19-26-13-15-30(40-26)25-12-14-28(33)27(17-25)31(37)36-29(32(38)39-3)16-22-6-8-23(18-34)9-7-22/h4-15,17,21,29,35H,16,19H2,1-3H3,(H,36,37)/t21?,29-/m1/s1. The minimum absolute atomic E-state index is 0.145. The minimum atomic E-state index is -0.943.